The van der Waals surface area contributed by atoms with Crippen molar-refractivity contribution in [3.8, 4) is 0 Å². The molecular weight excluding hydrogens is 200 g/mol. The summed E-state index contributed by atoms with van der Waals surface area (Å²) in [7, 11) is 0. The zero-order valence-corrected chi connectivity index (χ0v) is 8.51. The molecule has 0 aromatic carbocycles. The maximum atomic E-state index is 11.1. The second-order valence-corrected chi connectivity index (χ2v) is 4.06. The highest BCUT2D eigenvalue weighted by Crippen LogP contribution is 2.11. The van der Waals surface area contributed by atoms with Crippen molar-refractivity contribution in [2.45, 2.75) is 25.3 Å². The molecule has 1 aliphatic rings. The molecule has 1 amide bonds. The molecule has 2 N–H and O–H groups in total. The number of hydrogen-bond donors (Lipinski definition) is 2. The van der Waals surface area contributed by atoms with Gasteiger partial charge in [-0.05, 0) is 12.8 Å². The van der Waals surface area contributed by atoms with Gasteiger partial charge in [0.1, 0.15) is 6.33 Å². The van der Waals surface area contributed by atoms with Gasteiger partial charge in [-0.15, -0.1) is 0 Å². The number of aromatic nitrogens is 2. The van der Waals surface area contributed by atoms with Crippen LogP contribution in [-0.2, 0) is 4.79 Å². The molecule has 1 aliphatic heterocycles. The molecule has 14 heavy (non-hydrogen) atoms. The van der Waals surface area contributed by atoms with Gasteiger partial charge < -0.3 is 10.6 Å². The van der Waals surface area contributed by atoms with E-state index in [4.69, 9.17) is 0 Å². The van der Waals surface area contributed by atoms with Crippen LogP contribution in [0.1, 0.15) is 19.3 Å². The Hall–Kier alpha value is -1.17. The zero-order chi connectivity index (χ0) is 9.80. The maximum absolute atomic E-state index is 11.1. The molecule has 0 spiro atoms. The molecule has 5 nitrogen and oxygen atoms in total. The molecule has 0 saturated carbocycles. The highest BCUT2D eigenvalue weighted by Gasteiger charge is 2.17. The average molecular weight is 212 g/mol. The van der Waals surface area contributed by atoms with Crippen molar-refractivity contribution in [2.24, 2.45) is 0 Å². The van der Waals surface area contributed by atoms with Gasteiger partial charge >= 0.3 is 0 Å². The van der Waals surface area contributed by atoms with E-state index in [-0.39, 0.29) is 11.9 Å². The number of piperidine rings is 1. The minimum absolute atomic E-state index is 0.153. The van der Waals surface area contributed by atoms with E-state index in [1.165, 1.54) is 17.9 Å². The van der Waals surface area contributed by atoms with Crippen molar-refractivity contribution in [2.75, 3.05) is 11.9 Å². The van der Waals surface area contributed by atoms with Crippen LogP contribution in [0.25, 0.3) is 0 Å². The fraction of sp³-hybridized carbons (Fsp3) is 0.625. The Balaban J connectivity index is 1.77. The van der Waals surface area contributed by atoms with Crippen LogP contribution in [0.2, 0.25) is 0 Å². The molecule has 2 heterocycles. The van der Waals surface area contributed by atoms with E-state index in [9.17, 15) is 4.79 Å². The Labute approximate surface area is 86.1 Å². The summed E-state index contributed by atoms with van der Waals surface area (Å²) in [6.07, 6.45) is 4.20. The number of amides is 1. The molecule has 1 aromatic rings. The van der Waals surface area contributed by atoms with Crippen molar-refractivity contribution in [3.63, 3.8) is 0 Å². The molecule has 0 radical (unpaired) electrons. The Morgan fingerprint density at radius 2 is 2.64 bits per heavy atom. The molecule has 76 valence electrons. The molecule has 1 aromatic heterocycles. The number of hydrogen-bond acceptors (Lipinski definition) is 5. The quantitative estimate of drug-likeness (QED) is 0.770. The van der Waals surface area contributed by atoms with Crippen LogP contribution in [0, 0.1) is 0 Å². The Morgan fingerprint density at radius 3 is 3.36 bits per heavy atom. The normalized spacial score (nSPS) is 21.7. The molecular formula is C8H12N4OS. The predicted molar refractivity (Wildman–Crippen MR) is 54.2 cm³/mol. The largest absolute Gasteiger partial charge is 0.358 e. The summed E-state index contributed by atoms with van der Waals surface area (Å²) in [6.45, 7) is 0.737. The van der Waals surface area contributed by atoms with Crippen LogP contribution in [0.4, 0.5) is 5.13 Å². The van der Waals surface area contributed by atoms with Crippen molar-refractivity contribution >= 4 is 22.6 Å². The van der Waals surface area contributed by atoms with E-state index < -0.39 is 0 Å². The molecule has 0 bridgehead atoms. The summed E-state index contributed by atoms with van der Waals surface area (Å²) >= 11 is 1.33. The molecule has 1 unspecified atom stereocenters. The molecule has 0 aliphatic carbocycles. The minimum atomic E-state index is 0.153. The lowest BCUT2D eigenvalue weighted by Gasteiger charge is -2.23. The summed E-state index contributed by atoms with van der Waals surface area (Å²) in [4.78, 5) is 15.1. The van der Waals surface area contributed by atoms with Crippen LogP contribution in [0.5, 0.6) is 0 Å². The number of rotatable bonds is 3. The van der Waals surface area contributed by atoms with E-state index in [0.717, 1.165) is 24.5 Å². The van der Waals surface area contributed by atoms with Gasteiger partial charge in [0.15, 0.2) is 0 Å². The van der Waals surface area contributed by atoms with E-state index in [2.05, 4.69) is 20.0 Å². The number of anilines is 1. The van der Waals surface area contributed by atoms with Crippen molar-refractivity contribution in [3.05, 3.63) is 6.33 Å². The lowest BCUT2D eigenvalue weighted by molar-refractivity contribution is -0.123. The first kappa shape index (κ1) is 9.39. The van der Waals surface area contributed by atoms with Crippen LogP contribution < -0.4 is 10.6 Å². The van der Waals surface area contributed by atoms with E-state index in [0.29, 0.717) is 6.42 Å². The number of carbonyl (C=O) groups is 1. The smallest absolute Gasteiger partial charge is 0.220 e. The van der Waals surface area contributed by atoms with E-state index >= 15 is 0 Å². The van der Waals surface area contributed by atoms with E-state index in [1.807, 2.05) is 0 Å². The van der Waals surface area contributed by atoms with Crippen LogP contribution in [0.3, 0.4) is 0 Å². The first-order chi connectivity index (χ1) is 6.84. The van der Waals surface area contributed by atoms with Gasteiger partial charge in [0.25, 0.3) is 0 Å². The third-order valence-electron chi connectivity index (χ3n) is 2.18. The third-order valence-corrected chi connectivity index (χ3v) is 2.80. The second kappa shape index (κ2) is 4.36. The first-order valence-corrected chi connectivity index (χ1v) is 5.42. The summed E-state index contributed by atoms with van der Waals surface area (Å²) in [6, 6.07) is 0.236. The van der Waals surface area contributed by atoms with Crippen LogP contribution in [0.15, 0.2) is 6.33 Å². The van der Waals surface area contributed by atoms with Gasteiger partial charge in [-0.3, -0.25) is 4.79 Å². The van der Waals surface area contributed by atoms with Gasteiger partial charge in [0, 0.05) is 30.5 Å². The second-order valence-electron chi connectivity index (χ2n) is 3.28. The third kappa shape index (κ3) is 2.41. The summed E-state index contributed by atoms with van der Waals surface area (Å²) in [5.41, 5.74) is 0. The van der Waals surface area contributed by atoms with Crippen molar-refractivity contribution < 1.29 is 4.79 Å². The fourth-order valence-electron chi connectivity index (χ4n) is 1.50. The van der Waals surface area contributed by atoms with Gasteiger partial charge in [-0.1, -0.05) is 0 Å². The number of nitrogens with one attached hydrogen (secondary N) is 2. The Morgan fingerprint density at radius 1 is 1.71 bits per heavy atom. The molecule has 1 saturated heterocycles. The molecule has 1 atom stereocenters. The minimum Gasteiger partial charge on any atom is -0.358 e. The first-order valence-electron chi connectivity index (χ1n) is 4.64. The van der Waals surface area contributed by atoms with Gasteiger partial charge in [-0.25, -0.2) is 4.98 Å². The Kier molecular flexibility index (Phi) is 2.93. The molecule has 1 fully saturated rings. The zero-order valence-electron chi connectivity index (χ0n) is 7.69. The monoisotopic (exact) mass is 212 g/mol. The average Bonchev–Trinajstić information content (AvgIpc) is 2.67. The highest BCUT2D eigenvalue weighted by atomic mass is 32.1. The van der Waals surface area contributed by atoms with Crippen molar-refractivity contribution in [1.82, 2.24) is 14.7 Å². The van der Waals surface area contributed by atoms with Gasteiger partial charge in [-0.2, -0.15) is 4.37 Å². The van der Waals surface area contributed by atoms with Crippen LogP contribution in [-0.4, -0.2) is 27.9 Å². The topological polar surface area (TPSA) is 66.9 Å². The molecule has 6 heteroatoms. The summed E-state index contributed by atoms with van der Waals surface area (Å²) in [5.74, 6) is 0.153. The molecule has 2 rings (SSSR count). The predicted octanol–water partition coefficient (Wildman–Crippen LogP) is 0.619. The SMILES string of the molecule is O=C1CCCC(CNc2ncns2)N1. The van der Waals surface area contributed by atoms with Crippen molar-refractivity contribution in [1.29, 1.82) is 0 Å². The fourth-order valence-corrected chi connectivity index (χ4v) is 1.93. The van der Waals surface area contributed by atoms with Gasteiger partial charge in [0.2, 0.25) is 11.0 Å². The Bertz CT molecular complexity index is 300. The highest BCUT2D eigenvalue weighted by molar-refractivity contribution is 7.09. The number of carbonyl (C=O) groups excluding carboxylic acids is 1. The van der Waals surface area contributed by atoms with Crippen LogP contribution >= 0.6 is 11.5 Å². The van der Waals surface area contributed by atoms with E-state index in [1.54, 1.807) is 0 Å². The summed E-state index contributed by atoms with van der Waals surface area (Å²) in [5, 5.41) is 6.89. The lowest BCUT2D eigenvalue weighted by atomic mass is 10.0. The standard InChI is InChI=1S/C8H12N4OS/c13-7-3-1-2-6(12-7)4-9-8-10-5-11-14-8/h5-6H,1-4H2,(H,12,13)(H,9,10,11). The van der Waals surface area contributed by atoms with Gasteiger partial charge in [0.05, 0.1) is 0 Å². The number of nitrogens with zero attached hydrogens (tertiary/aromatic N) is 2. The lowest BCUT2D eigenvalue weighted by Crippen LogP contribution is -2.42. The maximum Gasteiger partial charge on any atom is 0.220 e. The summed E-state index contributed by atoms with van der Waals surface area (Å²) < 4.78 is 3.88.